The third-order valence-corrected chi connectivity index (χ3v) is 7.46. The topological polar surface area (TPSA) is 57.7 Å². The van der Waals surface area contributed by atoms with Crippen LogP contribution in [-0.4, -0.2) is 40.7 Å². The number of imide groups is 2. The van der Waals surface area contributed by atoms with Crippen molar-refractivity contribution in [1.29, 1.82) is 0 Å². The average molecular weight is 488 g/mol. The molecule has 1 aliphatic heterocycles. The maximum atomic E-state index is 14.2. The quantitative estimate of drug-likeness (QED) is 0.397. The van der Waals surface area contributed by atoms with E-state index in [9.17, 15) is 31.9 Å². The molecule has 0 spiro atoms. The Hall–Kier alpha value is -3.23. The van der Waals surface area contributed by atoms with E-state index in [1.165, 1.54) is 24.3 Å². The first-order chi connectivity index (χ1) is 16.6. The van der Waals surface area contributed by atoms with Crippen LogP contribution in [0.15, 0.2) is 36.4 Å². The second-order valence-electron chi connectivity index (χ2n) is 10.2. The van der Waals surface area contributed by atoms with Gasteiger partial charge in [0.05, 0.1) is 0 Å². The molecule has 1 heterocycles. The highest BCUT2D eigenvalue weighted by Crippen LogP contribution is 2.51. The molecule has 0 N–H and O–H groups in total. The zero-order valence-electron chi connectivity index (χ0n) is 19.0. The second-order valence-corrected chi connectivity index (χ2v) is 10.2. The van der Waals surface area contributed by atoms with Crippen molar-refractivity contribution in [3.8, 4) is 0 Å². The second kappa shape index (κ2) is 8.46. The highest BCUT2D eigenvalue weighted by atomic mass is 19.2. The largest absolute Gasteiger partial charge is 0.333 e. The number of carbonyl (C=O) groups is 3. The molecule has 0 atom stereocenters. The molecule has 2 aliphatic carbocycles. The summed E-state index contributed by atoms with van der Waals surface area (Å²) in [5.41, 5.74) is -0.759. The lowest BCUT2D eigenvalue weighted by Gasteiger charge is -2.36. The molecule has 2 aromatic carbocycles. The molecule has 5 rings (SSSR count). The number of urea groups is 1. The van der Waals surface area contributed by atoms with Crippen molar-refractivity contribution in [2.75, 3.05) is 13.1 Å². The SMILES string of the molecule is O=C1CC(=O)N(CC2(Cc3cccc(F)c3F)CC2)C(=O)N1CC1(Cc2cccc(F)c2F)CC1. The molecule has 3 aliphatic rings. The summed E-state index contributed by atoms with van der Waals surface area (Å²) in [6, 6.07) is 7.11. The van der Waals surface area contributed by atoms with Crippen LogP contribution in [-0.2, 0) is 22.4 Å². The van der Waals surface area contributed by atoms with E-state index in [-0.39, 0.29) is 37.1 Å². The highest BCUT2D eigenvalue weighted by Gasteiger charge is 2.52. The van der Waals surface area contributed by atoms with E-state index in [4.69, 9.17) is 0 Å². The molecule has 0 aromatic heterocycles. The lowest BCUT2D eigenvalue weighted by molar-refractivity contribution is -0.143. The predicted molar refractivity (Wildman–Crippen MR) is 117 cm³/mol. The van der Waals surface area contributed by atoms with Gasteiger partial charge in [0.25, 0.3) is 0 Å². The van der Waals surface area contributed by atoms with Crippen LogP contribution in [0.25, 0.3) is 0 Å². The lowest BCUT2D eigenvalue weighted by atomic mass is 9.94. The van der Waals surface area contributed by atoms with Gasteiger partial charge in [-0.3, -0.25) is 19.4 Å². The molecule has 4 amide bonds. The molecular weight excluding hydrogens is 464 g/mol. The summed E-state index contributed by atoms with van der Waals surface area (Å²) < 4.78 is 55.7. The minimum absolute atomic E-state index is 0.00985. The number of hydrogen-bond donors (Lipinski definition) is 0. The van der Waals surface area contributed by atoms with Gasteiger partial charge in [0, 0.05) is 13.1 Å². The van der Waals surface area contributed by atoms with Gasteiger partial charge in [-0.25, -0.2) is 22.4 Å². The van der Waals surface area contributed by atoms with Gasteiger partial charge < -0.3 is 0 Å². The van der Waals surface area contributed by atoms with Crippen molar-refractivity contribution in [1.82, 2.24) is 9.80 Å². The van der Waals surface area contributed by atoms with Crippen molar-refractivity contribution in [3.63, 3.8) is 0 Å². The van der Waals surface area contributed by atoms with E-state index in [1.807, 2.05) is 0 Å². The van der Waals surface area contributed by atoms with Crippen LogP contribution >= 0.6 is 0 Å². The minimum Gasteiger partial charge on any atom is -0.274 e. The fraction of sp³-hybridized carbons (Fsp3) is 0.423. The fourth-order valence-electron chi connectivity index (χ4n) is 4.97. The Kier molecular flexibility index (Phi) is 5.68. The number of halogens is 4. The highest BCUT2D eigenvalue weighted by molar-refractivity contribution is 6.14. The van der Waals surface area contributed by atoms with Crippen LogP contribution in [0.2, 0.25) is 0 Å². The van der Waals surface area contributed by atoms with Crippen molar-refractivity contribution in [2.24, 2.45) is 10.8 Å². The Morgan fingerprint density at radius 2 is 1.06 bits per heavy atom. The molecule has 0 bridgehead atoms. The van der Waals surface area contributed by atoms with Gasteiger partial charge in [-0.2, -0.15) is 0 Å². The molecule has 3 fully saturated rings. The molecule has 184 valence electrons. The average Bonchev–Trinajstić information content (AvgIpc) is 3.74. The van der Waals surface area contributed by atoms with Crippen LogP contribution in [0, 0.1) is 34.1 Å². The van der Waals surface area contributed by atoms with Crippen LogP contribution in [0.5, 0.6) is 0 Å². The third-order valence-electron chi connectivity index (χ3n) is 7.46. The molecule has 5 nitrogen and oxygen atoms in total. The van der Waals surface area contributed by atoms with Crippen molar-refractivity contribution in [2.45, 2.75) is 44.9 Å². The molecule has 2 aromatic rings. The van der Waals surface area contributed by atoms with E-state index in [0.717, 1.165) is 21.9 Å². The van der Waals surface area contributed by atoms with Gasteiger partial charge in [0.15, 0.2) is 23.3 Å². The number of amides is 4. The Balaban J connectivity index is 1.31. The maximum absolute atomic E-state index is 14.2. The van der Waals surface area contributed by atoms with E-state index >= 15 is 0 Å². The Morgan fingerprint density at radius 1 is 0.657 bits per heavy atom. The third kappa shape index (κ3) is 4.56. The monoisotopic (exact) mass is 488 g/mol. The number of hydrogen-bond acceptors (Lipinski definition) is 3. The van der Waals surface area contributed by atoms with Gasteiger partial charge >= 0.3 is 6.03 Å². The first-order valence-corrected chi connectivity index (χ1v) is 11.6. The smallest absolute Gasteiger partial charge is 0.274 e. The molecule has 2 saturated carbocycles. The van der Waals surface area contributed by atoms with Gasteiger partial charge in [0.1, 0.15) is 6.42 Å². The zero-order valence-corrected chi connectivity index (χ0v) is 19.0. The minimum atomic E-state index is -0.954. The Morgan fingerprint density at radius 3 is 1.43 bits per heavy atom. The number of carbonyl (C=O) groups excluding carboxylic acids is 3. The van der Waals surface area contributed by atoms with Crippen LogP contribution in [0.3, 0.4) is 0 Å². The molecule has 35 heavy (non-hydrogen) atoms. The molecule has 1 saturated heterocycles. The molecule has 9 heteroatoms. The number of benzene rings is 2. The van der Waals surface area contributed by atoms with Crippen molar-refractivity contribution >= 4 is 17.8 Å². The van der Waals surface area contributed by atoms with Gasteiger partial charge in [-0.1, -0.05) is 24.3 Å². The Labute approximate surface area is 199 Å². The summed E-state index contributed by atoms with van der Waals surface area (Å²) in [6.45, 7) is 0.0197. The number of nitrogens with zero attached hydrogens (tertiary/aromatic N) is 2. The van der Waals surface area contributed by atoms with Gasteiger partial charge in [-0.05, 0) is 72.6 Å². The Bertz CT molecular complexity index is 1130. The molecular formula is C26H24F4N2O3. The lowest BCUT2D eigenvalue weighted by Crippen LogP contribution is -2.57. The van der Waals surface area contributed by atoms with E-state index in [0.29, 0.717) is 25.7 Å². The summed E-state index contributed by atoms with van der Waals surface area (Å²) in [7, 11) is 0. The van der Waals surface area contributed by atoms with Crippen molar-refractivity contribution in [3.05, 3.63) is 70.8 Å². The van der Waals surface area contributed by atoms with E-state index in [1.54, 1.807) is 0 Å². The summed E-state index contributed by atoms with van der Waals surface area (Å²) in [6.07, 6.45) is 2.41. The molecule has 0 unspecified atom stereocenters. The summed E-state index contributed by atoms with van der Waals surface area (Å²) in [5, 5.41) is 0. The van der Waals surface area contributed by atoms with E-state index < -0.39 is 58.4 Å². The van der Waals surface area contributed by atoms with E-state index in [2.05, 4.69) is 0 Å². The number of barbiturate groups is 1. The predicted octanol–water partition coefficient (Wildman–Crippen LogP) is 4.77. The first-order valence-electron chi connectivity index (χ1n) is 11.6. The van der Waals surface area contributed by atoms with Crippen molar-refractivity contribution < 1.29 is 31.9 Å². The first kappa shape index (κ1) is 23.5. The summed E-state index contributed by atoms with van der Waals surface area (Å²) >= 11 is 0. The van der Waals surface area contributed by atoms with Crippen LogP contribution < -0.4 is 0 Å². The summed E-state index contributed by atoms with van der Waals surface area (Å²) in [5.74, 6) is -5.03. The summed E-state index contributed by atoms with van der Waals surface area (Å²) in [4.78, 5) is 40.6. The fourth-order valence-corrected chi connectivity index (χ4v) is 4.97. The molecule has 0 radical (unpaired) electrons. The number of rotatable bonds is 8. The standard InChI is InChI=1S/C26H24F4N2O3/c27-18-5-1-3-16(22(18)29)12-25(7-8-25)14-31-20(33)11-21(34)32(24(31)35)15-26(9-10-26)13-17-4-2-6-19(28)23(17)30/h1-6H,7-15H2. The van der Waals surface area contributed by atoms with Gasteiger partial charge in [0.2, 0.25) is 11.8 Å². The van der Waals surface area contributed by atoms with Crippen LogP contribution in [0.1, 0.15) is 43.2 Å². The van der Waals surface area contributed by atoms with Crippen LogP contribution in [0.4, 0.5) is 22.4 Å². The maximum Gasteiger partial charge on any atom is 0.333 e. The normalized spacial score (nSPS) is 20.4. The van der Waals surface area contributed by atoms with Gasteiger partial charge in [-0.15, -0.1) is 0 Å². The zero-order chi connectivity index (χ0) is 25.0.